The Morgan fingerprint density at radius 2 is 1.44 bits per heavy atom. The smallest absolute Gasteiger partial charge is 0.407 e. The van der Waals surface area contributed by atoms with Gasteiger partial charge in [0, 0.05) is 18.2 Å². The molecule has 1 saturated heterocycles. The number of benzene rings is 4. The lowest BCUT2D eigenvalue weighted by atomic mass is 9.84. The molecule has 0 spiro atoms. The zero-order valence-corrected chi connectivity index (χ0v) is 27.2. The van der Waals surface area contributed by atoms with Crippen molar-refractivity contribution in [3.05, 3.63) is 132 Å². The molecule has 0 bridgehead atoms. The van der Waals surface area contributed by atoms with Crippen molar-refractivity contribution in [1.29, 1.82) is 0 Å². The molecule has 0 radical (unpaired) electrons. The number of carbonyl (C=O) groups excluding carboxylic acids is 3. The zero-order valence-electron chi connectivity index (χ0n) is 26.4. The average molecular weight is 671 g/mol. The molecular formula is C36H38N4O7S. The van der Waals surface area contributed by atoms with Gasteiger partial charge in [-0.2, -0.15) is 0 Å². The SMILES string of the molecule is COC(=O)NC(C(=O)Nc1ccccc1CC[C@@H]1CN[C@H](C(=O)NS(=O)(=O)c2ccccc2)CO1)C(c1ccccc1)c1ccccc1. The van der Waals surface area contributed by atoms with Crippen LogP contribution in [0, 0.1) is 0 Å². The summed E-state index contributed by atoms with van der Waals surface area (Å²) >= 11 is 0. The van der Waals surface area contributed by atoms with Crippen LogP contribution in [0.3, 0.4) is 0 Å². The van der Waals surface area contributed by atoms with Gasteiger partial charge in [0.05, 0.1) is 24.7 Å². The van der Waals surface area contributed by atoms with Gasteiger partial charge in [0.2, 0.25) is 5.91 Å². The number of hydrogen-bond donors (Lipinski definition) is 4. The maximum atomic E-state index is 14.0. The first-order valence-corrected chi connectivity index (χ1v) is 17.0. The van der Waals surface area contributed by atoms with Crippen LogP contribution in [0.1, 0.15) is 29.0 Å². The van der Waals surface area contributed by atoms with Gasteiger partial charge in [-0.3, -0.25) is 9.59 Å². The van der Waals surface area contributed by atoms with Crippen LogP contribution in [0.2, 0.25) is 0 Å². The first-order chi connectivity index (χ1) is 23.2. The van der Waals surface area contributed by atoms with Crippen molar-refractivity contribution < 1.29 is 32.3 Å². The molecule has 4 N–H and O–H groups in total. The maximum Gasteiger partial charge on any atom is 0.407 e. The molecule has 12 heteroatoms. The second kappa shape index (κ2) is 16.2. The topological polar surface area (TPSA) is 152 Å². The molecule has 1 aliphatic heterocycles. The Morgan fingerprint density at radius 3 is 2.02 bits per heavy atom. The van der Waals surface area contributed by atoms with Crippen LogP contribution in [-0.2, 0) is 35.5 Å². The fourth-order valence-electron chi connectivity index (χ4n) is 5.61. The number of hydrogen-bond acceptors (Lipinski definition) is 8. The third kappa shape index (κ3) is 8.85. The second-order valence-corrected chi connectivity index (χ2v) is 13.0. The Hall–Kier alpha value is -5.04. The summed E-state index contributed by atoms with van der Waals surface area (Å²) in [6, 6.07) is 32.2. The Balaban J connectivity index is 1.23. The fraction of sp³-hybridized carbons (Fsp3) is 0.250. The number of nitrogens with one attached hydrogen (secondary N) is 4. The van der Waals surface area contributed by atoms with Crippen LogP contribution in [0.15, 0.2) is 120 Å². The van der Waals surface area contributed by atoms with Crippen LogP contribution in [-0.4, -0.2) is 64.8 Å². The minimum atomic E-state index is -3.99. The molecular weight excluding hydrogens is 632 g/mol. The molecule has 48 heavy (non-hydrogen) atoms. The van der Waals surface area contributed by atoms with E-state index in [1.165, 1.54) is 19.2 Å². The van der Waals surface area contributed by atoms with Crippen molar-refractivity contribution in [2.75, 3.05) is 25.6 Å². The van der Waals surface area contributed by atoms with Crippen molar-refractivity contribution in [3.8, 4) is 0 Å². The minimum Gasteiger partial charge on any atom is -0.453 e. The number of amides is 3. The van der Waals surface area contributed by atoms with Gasteiger partial charge in [-0.25, -0.2) is 17.9 Å². The van der Waals surface area contributed by atoms with Crippen LogP contribution in [0.5, 0.6) is 0 Å². The number of methoxy groups -OCH3 is 1. The predicted octanol–water partition coefficient (Wildman–Crippen LogP) is 3.98. The van der Waals surface area contributed by atoms with E-state index < -0.39 is 45.9 Å². The first-order valence-electron chi connectivity index (χ1n) is 15.5. The average Bonchev–Trinajstić information content (AvgIpc) is 3.12. The number of anilines is 1. The highest BCUT2D eigenvalue weighted by molar-refractivity contribution is 7.90. The summed E-state index contributed by atoms with van der Waals surface area (Å²) in [5.74, 6) is -1.61. The van der Waals surface area contributed by atoms with Gasteiger partial charge < -0.3 is 25.4 Å². The summed E-state index contributed by atoms with van der Waals surface area (Å²) in [7, 11) is -2.74. The molecule has 11 nitrogen and oxygen atoms in total. The Morgan fingerprint density at radius 1 is 0.854 bits per heavy atom. The molecule has 4 aromatic rings. The van der Waals surface area contributed by atoms with Gasteiger partial charge >= 0.3 is 6.09 Å². The van der Waals surface area contributed by atoms with Gasteiger partial charge in [-0.05, 0) is 47.7 Å². The van der Waals surface area contributed by atoms with E-state index >= 15 is 0 Å². The summed E-state index contributed by atoms with van der Waals surface area (Å²) in [4.78, 5) is 39.2. The molecule has 250 valence electrons. The lowest BCUT2D eigenvalue weighted by Crippen LogP contribution is -2.54. The standard InChI is InChI=1S/C36H38N4O7S/c1-46-36(43)39-33(32(26-14-5-2-6-15-26)27-16-7-3-8-17-27)35(42)38-30-20-12-11-13-25(30)21-22-28-23-37-31(24-47-28)34(41)40-48(44,45)29-18-9-4-10-19-29/h2-20,28,31-33,37H,21-24H2,1H3,(H,38,42)(H,39,43)(H,40,41)/t28-,31+,33?/m1/s1. The van der Waals surface area contributed by atoms with Gasteiger partial charge in [0.1, 0.15) is 12.1 Å². The van der Waals surface area contributed by atoms with E-state index in [0.717, 1.165) is 16.7 Å². The summed E-state index contributed by atoms with van der Waals surface area (Å²) < 4.78 is 38.0. The highest BCUT2D eigenvalue weighted by Gasteiger charge is 2.34. The second-order valence-electron chi connectivity index (χ2n) is 11.3. The summed E-state index contributed by atoms with van der Waals surface area (Å²) in [6.07, 6.45) is 0.124. The van der Waals surface area contributed by atoms with E-state index in [1.807, 2.05) is 78.9 Å². The third-order valence-electron chi connectivity index (χ3n) is 8.10. The van der Waals surface area contributed by atoms with Gasteiger partial charge in [-0.15, -0.1) is 0 Å². The third-order valence-corrected chi connectivity index (χ3v) is 9.46. The number of alkyl carbamates (subject to hydrolysis) is 1. The molecule has 1 heterocycles. The monoisotopic (exact) mass is 670 g/mol. The maximum absolute atomic E-state index is 14.0. The molecule has 0 saturated carbocycles. The first kappa shape index (κ1) is 34.3. The van der Waals surface area contributed by atoms with E-state index in [4.69, 9.17) is 9.47 Å². The fourth-order valence-corrected chi connectivity index (χ4v) is 6.65. The Kier molecular flexibility index (Phi) is 11.6. The molecule has 3 atom stereocenters. The lowest BCUT2D eigenvalue weighted by Gasteiger charge is -2.30. The molecule has 3 amide bonds. The molecule has 1 unspecified atom stereocenters. The highest BCUT2D eigenvalue weighted by Crippen LogP contribution is 2.30. The summed E-state index contributed by atoms with van der Waals surface area (Å²) in [5.41, 5.74) is 3.14. The van der Waals surface area contributed by atoms with Crippen molar-refractivity contribution >= 4 is 33.6 Å². The van der Waals surface area contributed by atoms with Gasteiger partial charge in [0.25, 0.3) is 15.9 Å². The predicted molar refractivity (Wildman–Crippen MR) is 181 cm³/mol. The van der Waals surface area contributed by atoms with E-state index in [0.29, 0.717) is 25.1 Å². The van der Waals surface area contributed by atoms with Crippen molar-refractivity contribution in [2.45, 2.75) is 41.8 Å². The molecule has 1 fully saturated rings. The van der Waals surface area contributed by atoms with Crippen LogP contribution in [0.4, 0.5) is 10.5 Å². The number of morpholine rings is 1. The van der Waals surface area contributed by atoms with Crippen molar-refractivity contribution in [2.24, 2.45) is 0 Å². The minimum absolute atomic E-state index is 0.000427. The normalized spacial score (nSPS) is 16.8. The number of carbonyl (C=O) groups is 3. The van der Waals surface area contributed by atoms with Crippen LogP contribution >= 0.6 is 0 Å². The largest absolute Gasteiger partial charge is 0.453 e. The van der Waals surface area contributed by atoms with Gasteiger partial charge in [-0.1, -0.05) is 97.1 Å². The van der Waals surface area contributed by atoms with E-state index in [1.54, 1.807) is 24.3 Å². The number of rotatable bonds is 12. The number of sulfonamides is 1. The molecule has 0 aromatic heterocycles. The number of ether oxygens (including phenoxy) is 2. The summed E-state index contributed by atoms with van der Waals surface area (Å²) in [6.45, 7) is 0.333. The number of aryl methyl sites for hydroxylation is 1. The summed E-state index contributed by atoms with van der Waals surface area (Å²) in [5, 5.41) is 8.87. The molecule has 5 rings (SSSR count). The zero-order chi connectivity index (χ0) is 33.9. The van der Waals surface area contributed by atoms with Crippen LogP contribution in [0.25, 0.3) is 0 Å². The van der Waals surface area contributed by atoms with Crippen LogP contribution < -0.4 is 20.7 Å². The highest BCUT2D eigenvalue weighted by atomic mass is 32.2. The quantitative estimate of drug-likeness (QED) is 0.177. The van der Waals surface area contributed by atoms with E-state index in [9.17, 15) is 22.8 Å². The Bertz CT molecular complexity index is 1740. The van der Waals surface area contributed by atoms with E-state index in [-0.39, 0.29) is 17.6 Å². The lowest BCUT2D eigenvalue weighted by molar-refractivity contribution is -0.125. The molecule has 0 aliphatic carbocycles. The Labute approximate surface area is 280 Å². The van der Waals surface area contributed by atoms with Crippen molar-refractivity contribution in [1.82, 2.24) is 15.4 Å². The molecule has 4 aromatic carbocycles. The van der Waals surface area contributed by atoms with E-state index in [2.05, 4.69) is 20.7 Å². The van der Waals surface area contributed by atoms with Gasteiger partial charge in [0.15, 0.2) is 0 Å². The molecule has 1 aliphatic rings. The van der Waals surface area contributed by atoms with Crippen molar-refractivity contribution in [3.63, 3.8) is 0 Å². The number of para-hydroxylation sites is 1.